The molecule has 0 aliphatic rings. The summed E-state index contributed by atoms with van der Waals surface area (Å²) in [5.74, 6) is -0.328. The third-order valence-corrected chi connectivity index (χ3v) is 5.24. The maximum atomic E-state index is 14.4. The number of fused-ring (bicyclic) bond motifs is 1. The van der Waals surface area contributed by atoms with E-state index in [2.05, 4.69) is 12.2 Å². The summed E-state index contributed by atoms with van der Waals surface area (Å²) >= 11 is 6.24. The van der Waals surface area contributed by atoms with Crippen LogP contribution < -0.4 is 10.9 Å². The van der Waals surface area contributed by atoms with Gasteiger partial charge in [0.05, 0.1) is 6.04 Å². The molecule has 0 unspecified atom stereocenters. The first-order valence-corrected chi connectivity index (χ1v) is 9.65. The molecule has 0 saturated carbocycles. The van der Waals surface area contributed by atoms with Crippen LogP contribution in [0.5, 0.6) is 0 Å². The molecule has 0 bridgehead atoms. The van der Waals surface area contributed by atoms with E-state index in [1.165, 1.54) is 12.1 Å². The topological polar surface area (TPSA) is 45.5 Å². The van der Waals surface area contributed by atoms with Gasteiger partial charge in [-0.2, -0.15) is 0 Å². The number of hydrogen-bond acceptors (Lipinski definition) is 4. The van der Waals surface area contributed by atoms with Gasteiger partial charge in [0.1, 0.15) is 11.4 Å². The van der Waals surface area contributed by atoms with Crippen LogP contribution in [-0.4, -0.2) is 25.5 Å². The van der Waals surface area contributed by atoms with Crippen LogP contribution in [0.4, 0.5) is 4.39 Å². The van der Waals surface area contributed by atoms with E-state index in [9.17, 15) is 9.18 Å². The summed E-state index contributed by atoms with van der Waals surface area (Å²) in [5, 5.41) is 4.64. The van der Waals surface area contributed by atoms with Gasteiger partial charge in [0.2, 0.25) is 0 Å². The molecular weight excluding hydrogens is 379 g/mol. The zero-order valence-corrected chi connectivity index (χ0v) is 17.0. The Hall–Kier alpha value is -2.21. The fraction of sp³-hybridized carbons (Fsp3) is 0.318. The van der Waals surface area contributed by atoms with E-state index in [1.54, 1.807) is 12.1 Å². The molecule has 1 heterocycles. The Morgan fingerprint density at radius 2 is 2.00 bits per heavy atom. The van der Waals surface area contributed by atoms with E-state index in [1.807, 2.05) is 37.2 Å². The average Bonchev–Trinajstić information content (AvgIpc) is 2.65. The predicted octanol–water partition coefficient (Wildman–Crippen LogP) is 4.54. The third kappa shape index (κ3) is 4.43. The number of nitrogens with one attached hydrogen (secondary N) is 1. The molecular formula is C22H24ClFN2O2. The average molecular weight is 403 g/mol. The zero-order valence-electron chi connectivity index (χ0n) is 16.3. The molecule has 0 fully saturated rings. The number of nitrogens with zero attached hydrogens (tertiary/aromatic N) is 1. The lowest BCUT2D eigenvalue weighted by Gasteiger charge is -2.26. The van der Waals surface area contributed by atoms with Crippen LogP contribution in [0.1, 0.15) is 29.7 Å². The van der Waals surface area contributed by atoms with Crippen molar-refractivity contribution in [3.8, 4) is 0 Å². The SMILES string of the molecule is CCc1ccc2c(CNC[C@@H](c3c(F)cccc3Cl)N(C)C)cc(=O)oc2c1. The van der Waals surface area contributed by atoms with Gasteiger partial charge in [-0.3, -0.25) is 0 Å². The van der Waals surface area contributed by atoms with Crippen molar-refractivity contribution in [1.29, 1.82) is 0 Å². The molecule has 1 atom stereocenters. The van der Waals surface area contributed by atoms with Gasteiger partial charge in [-0.1, -0.05) is 36.7 Å². The minimum absolute atomic E-state index is 0.244. The van der Waals surface area contributed by atoms with Crippen molar-refractivity contribution >= 4 is 22.6 Å². The Bertz CT molecular complexity index is 1010. The third-order valence-electron chi connectivity index (χ3n) is 4.91. The summed E-state index contributed by atoms with van der Waals surface area (Å²) in [6.45, 7) is 2.99. The Morgan fingerprint density at radius 1 is 1.21 bits per heavy atom. The van der Waals surface area contributed by atoms with Crippen molar-refractivity contribution in [3.63, 3.8) is 0 Å². The first-order valence-electron chi connectivity index (χ1n) is 9.27. The van der Waals surface area contributed by atoms with Crippen LogP contribution in [0, 0.1) is 5.82 Å². The van der Waals surface area contributed by atoms with E-state index in [0.717, 1.165) is 22.9 Å². The second kappa shape index (κ2) is 8.86. The van der Waals surface area contributed by atoms with E-state index in [0.29, 0.717) is 29.3 Å². The molecule has 1 N–H and O–H groups in total. The molecule has 6 heteroatoms. The predicted molar refractivity (Wildman–Crippen MR) is 111 cm³/mol. The van der Waals surface area contributed by atoms with Crippen LogP contribution in [0.2, 0.25) is 5.02 Å². The van der Waals surface area contributed by atoms with E-state index >= 15 is 0 Å². The lowest BCUT2D eigenvalue weighted by Crippen LogP contribution is -2.32. The van der Waals surface area contributed by atoms with Crippen molar-refractivity contribution in [2.75, 3.05) is 20.6 Å². The number of rotatable bonds is 7. The molecule has 0 saturated heterocycles. The van der Waals surface area contributed by atoms with Crippen LogP contribution >= 0.6 is 11.6 Å². The van der Waals surface area contributed by atoms with Gasteiger partial charge in [-0.15, -0.1) is 0 Å². The minimum atomic E-state index is -0.376. The number of benzene rings is 2. The highest BCUT2D eigenvalue weighted by Crippen LogP contribution is 2.28. The number of halogens is 2. The van der Waals surface area contributed by atoms with Crippen molar-refractivity contribution in [3.05, 3.63) is 80.4 Å². The Labute approximate surface area is 168 Å². The molecule has 0 aliphatic heterocycles. The number of aryl methyl sites for hydroxylation is 1. The van der Waals surface area contributed by atoms with Crippen molar-refractivity contribution in [2.45, 2.75) is 25.9 Å². The van der Waals surface area contributed by atoms with Crippen molar-refractivity contribution in [2.24, 2.45) is 0 Å². The first-order chi connectivity index (χ1) is 13.4. The summed E-state index contributed by atoms with van der Waals surface area (Å²) in [6, 6.07) is 11.9. The zero-order chi connectivity index (χ0) is 20.3. The largest absolute Gasteiger partial charge is 0.423 e. The Kier molecular flexibility index (Phi) is 6.50. The lowest BCUT2D eigenvalue weighted by molar-refractivity contribution is 0.281. The van der Waals surface area contributed by atoms with Gasteiger partial charge in [0.15, 0.2) is 0 Å². The van der Waals surface area contributed by atoms with Gasteiger partial charge in [-0.05, 0) is 49.8 Å². The molecule has 148 valence electrons. The molecule has 3 rings (SSSR count). The van der Waals surface area contributed by atoms with Gasteiger partial charge < -0.3 is 14.6 Å². The summed E-state index contributed by atoms with van der Waals surface area (Å²) in [6.07, 6.45) is 0.871. The van der Waals surface area contributed by atoms with Crippen LogP contribution in [0.25, 0.3) is 11.0 Å². The molecule has 0 amide bonds. The highest BCUT2D eigenvalue weighted by Gasteiger charge is 2.21. The van der Waals surface area contributed by atoms with E-state index < -0.39 is 0 Å². The fourth-order valence-corrected chi connectivity index (χ4v) is 3.64. The smallest absolute Gasteiger partial charge is 0.336 e. The fourth-order valence-electron chi connectivity index (χ4n) is 3.36. The van der Waals surface area contributed by atoms with Crippen LogP contribution in [0.15, 0.2) is 51.7 Å². The Balaban J connectivity index is 1.82. The van der Waals surface area contributed by atoms with Crippen molar-refractivity contribution < 1.29 is 8.81 Å². The second-order valence-corrected chi connectivity index (χ2v) is 7.43. The quantitative estimate of drug-likeness (QED) is 0.589. The summed E-state index contributed by atoms with van der Waals surface area (Å²) in [4.78, 5) is 13.9. The maximum absolute atomic E-state index is 14.4. The highest BCUT2D eigenvalue weighted by atomic mass is 35.5. The standard InChI is InChI=1S/C22H24ClFN2O2/c1-4-14-8-9-16-15(11-21(27)28-20(16)10-14)12-25-13-19(26(2)3)22-17(23)6-5-7-18(22)24/h5-11,19,25H,4,12-13H2,1-3H3/t19-/m0/s1. The first kappa shape index (κ1) is 20.5. The van der Waals surface area contributed by atoms with E-state index in [-0.39, 0.29) is 17.5 Å². The van der Waals surface area contributed by atoms with Gasteiger partial charge >= 0.3 is 5.63 Å². The van der Waals surface area contributed by atoms with Gasteiger partial charge in [-0.25, -0.2) is 9.18 Å². The Morgan fingerprint density at radius 3 is 2.68 bits per heavy atom. The molecule has 0 radical (unpaired) electrons. The molecule has 4 nitrogen and oxygen atoms in total. The molecule has 0 spiro atoms. The van der Waals surface area contributed by atoms with E-state index in [4.69, 9.17) is 16.0 Å². The summed E-state index contributed by atoms with van der Waals surface area (Å²) in [7, 11) is 3.77. The van der Waals surface area contributed by atoms with Gasteiger partial charge in [0, 0.05) is 35.1 Å². The normalized spacial score (nSPS) is 12.6. The van der Waals surface area contributed by atoms with Crippen molar-refractivity contribution in [1.82, 2.24) is 10.2 Å². The molecule has 28 heavy (non-hydrogen) atoms. The second-order valence-electron chi connectivity index (χ2n) is 7.02. The van der Waals surface area contributed by atoms with Crippen LogP contribution in [0.3, 0.4) is 0 Å². The molecule has 0 aliphatic carbocycles. The summed E-state index contributed by atoms with van der Waals surface area (Å²) in [5.41, 5.74) is 2.64. The minimum Gasteiger partial charge on any atom is -0.423 e. The monoisotopic (exact) mass is 402 g/mol. The number of hydrogen-bond donors (Lipinski definition) is 1. The lowest BCUT2D eigenvalue weighted by atomic mass is 10.0. The number of likely N-dealkylation sites (N-methyl/N-ethyl adjacent to an activating group) is 1. The molecule has 3 aromatic rings. The van der Waals surface area contributed by atoms with Gasteiger partial charge in [0.25, 0.3) is 0 Å². The molecule has 2 aromatic carbocycles. The van der Waals surface area contributed by atoms with Crippen LogP contribution in [-0.2, 0) is 13.0 Å². The molecule has 1 aromatic heterocycles. The maximum Gasteiger partial charge on any atom is 0.336 e. The highest BCUT2D eigenvalue weighted by molar-refractivity contribution is 6.31. The summed E-state index contributed by atoms with van der Waals surface area (Å²) < 4.78 is 19.7.